The lowest BCUT2D eigenvalue weighted by Gasteiger charge is -2.37. The molecular formula is C22H26F8O3. The van der Waals surface area contributed by atoms with Gasteiger partial charge in [0.2, 0.25) is 0 Å². The highest BCUT2D eigenvalue weighted by atomic mass is 19.4. The number of halogens is 8. The average Bonchev–Trinajstić information content (AvgIpc) is 2.75. The van der Waals surface area contributed by atoms with Crippen molar-refractivity contribution in [2.75, 3.05) is 13.2 Å². The molecular weight excluding hydrogens is 464 g/mol. The lowest BCUT2D eigenvalue weighted by Crippen LogP contribution is -2.47. The van der Waals surface area contributed by atoms with E-state index < -0.39 is 42.1 Å². The van der Waals surface area contributed by atoms with Gasteiger partial charge in [0.05, 0.1) is 13.2 Å². The standard InChI is InChI=1S/C22H26F8O3/c1-12-2-5-14(6-3-12)15-10-31-18(32-11-15)7-4-13-8-16(23)19(17(24)9-13)33-20(25)21(26,27)22(28,29)30/h8-9,12,14-15,18,20H,2-7,10-11H2,1H3. The monoisotopic (exact) mass is 490 g/mol. The number of hydrogen-bond acceptors (Lipinski definition) is 3. The Morgan fingerprint density at radius 1 is 0.939 bits per heavy atom. The minimum absolute atomic E-state index is 0.0610. The molecule has 1 aromatic rings. The molecule has 1 atom stereocenters. The summed E-state index contributed by atoms with van der Waals surface area (Å²) in [5.74, 6) is -9.21. The fraction of sp³-hybridized carbons (Fsp3) is 0.727. The Labute approximate surface area is 186 Å². The molecule has 0 aromatic heterocycles. The molecule has 3 nitrogen and oxygen atoms in total. The Balaban J connectivity index is 1.51. The predicted molar refractivity (Wildman–Crippen MR) is 102 cm³/mol. The van der Waals surface area contributed by atoms with E-state index in [1.807, 2.05) is 0 Å². The maximum Gasteiger partial charge on any atom is 0.460 e. The van der Waals surface area contributed by atoms with Gasteiger partial charge in [0.25, 0.3) is 0 Å². The Morgan fingerprint density at radius 2 is 1.48 bits per heavy atom. The van der Waals surface area contributed by atoms with Gasteiger partial charge in [0.15, 0.2) is 23.7 Å². The minimum Gasteiger partial charge on any atom is -0.448 e. The second kappa shape index (κ2) is 10.3. The third kappa shape index (κ3) is 6.29. The maximum absolute atomic E-state index is 14.1. The molecule has 2 fully saturated rings. The van der Waals surface area contributed by atoms with Gasteiger partial charge in [0, 0.05) is 12.3 Å². The van der Waals surface area contributed by atoms with E-state index in [4.69, 9.17) is 9.47 Å². The number of aryl methyl sites for hydroxylation is 1. The molecule has 0 amide bonds. The van der Waals surface area contributed by atoms with E-state index in [0.717, 1.165) is 18.8 Å². The first-order valence-corrected chi connectivity index (χ1v) is 10.8. The van der Waals surface area contributed by atoms with Crippen LogP contribution >= 0.6 is 0 Å². The molecule has 0 spiro atoms. The van der Waals surface area contributed by atoms with Crippen molar-refractivity contribution in [1.29, 1.82) is 0 Å². The van der Waals surface area contributed by atoms with Crippen LogP contribution in [0.2, 0.25) is 0 Å². The molecule has 3 rings (SSSR count). The van der Waals surface area contributed by atoms with Gasteiger partial charge in [0.1, 0.15) is 0 Å². The summed E-state index contributed by atoms with van der Waals surface area (Å²) in [6.45, 7) is 3.27. The lowest BCUT2D eigenvalue weighted by atomic mass is 9.76. The van der Waals surface area contributed by atoms with Gasteiger partial charge >= 0.3 is 18.5 Å². The van der Waals surface area contributed by atoms with Crippen LogP contribution in [0.25, 0.3) is 0 Å². The molecule has 1 aliphatic carbocycles. The normalized spacial score (nSPS) is 27.9. The van der Waals surface area contributed by atoms with Crippen LogP contribution in [-0.4, -0.2) is 38.0 Å². The van der Waals surface area contributed by atoms with Crippen molar-refractivity contribution in [3.8, 4) is 5.75 Å². The molecule has 11 heteroatoms. The van der Waals surface area contributed by atoms with E-state index in [9.17, 15) is 35.1 Å². The minimum atomic E-state index is -6.28. The second-order valence-corrected chi connectivity index (χ2v) is 8.86. The van der Waals surface area contributed by atoms with Crippen LogP contribution in [0.4, 0.5) is 35.1 Å². The van der Waals surface area contributed by atoms with E-state index in [1.165, 1.54) is 12.8 Å². The summed E-state index contributed by atoms with van der Waals surface area (Å²) in [4.78, 5) is 0. The Hall–Kier alpha value is -1.62. The zero-order chi connectivity index (χ0) is 24.4. The number of rotatable bonds is 7. The van der Waals surface area contributed by atoms with Crippen molar-refractivity contribution >= 4 is 0 Å². The van der Waals surface area contributed by atoms with Crippen LogP contribution in [0, 0.1) is 29.4 Å². The molecule has 1 saturated carbocycles. The molecule has 1 aliphatic heterocycles. The molecule has 0 N–H and O–H groups in total. The third-order valence-electron chi connectivity index (χ3n) is 6.33. The predicted octanol–water partition coefficient (Wildman–Crippen LogP) is 6.58. The molecule has 188 valence electrons. The molecule has 1 heterocycles. The van der Waals surface area contributed by atoms with Gasteiger partial charge in [-0.05, 0) is 48.8 Å². The van der Waals surface area contributed by atoms with Gasteiger partial charge in [-0.25, -0.2) is 8.78 Å². The smallest absolute Gasteiger partial charge is 0.448 e. The zero-order valence-corrected chi connectivity index (χ0v) is 17.9. The average molecular weight is 490 g/mol. The van der Waals surface area contributed by atoms with Gasteiger partial charge in [-0.3, -0.25) is 0 Å². The van der Waals surface area contributed by atoms with E-state index in [1.54, 1.807) is 0 Å². The Morgan fingerprint density at radius 3 is 2.00 bits per heavy atom. The number of ether oxygens (including phenoxy) is 3. The van der Waals surface area contributed by atoms with Crippen LogP contribution in [-0.2, 0) is 15.9 Å². The second-order valence-electron chi connectivity index (χ2n) is 8.86. The van der Waals surface area contributed by atoms with Crippen LogP contribution < -0.4 is 4.74 Å². The number of alkyl halides is 6. The highest BCUT2D eigenvalue weighted by Gasteiger charge is 2.65. The van der Waals surface area contributed by atoms with Crippen LogP contribution in [0.5, 0.6) is 5.75 Å². The zero-order valence-electron chi connectivity index (χ0n) is 17.9. The summed E-state index contributed by atoms with van der Waals surface area (Å²) < 4.78 is 119. The maximum atomic E-state index is 14.1. The SMILES string of the molecule is CC1CCC(C2COC(CCc3cc(F)c(OC(F)C(F)(F)C(F)(F)F)c(F)c3)OC2)CC1. The molecule has 1 unspecified atom stereocenters. The summed E-state index contributed by atoms with van der Waals surface area (Å²) in [5, 5.41) is 0. The third-order valence-corrected chi connectivity index (χ3v) is 6.33. The van der Waals surface area contributed by atoms with Gasteiger partial charge in [-0.1, -0.05) is 19.8 Å². The van der Waals surface area contributed by atoms with Crippen molar-refractivity contribution < 1.29 is 49.3 Å². The number of benzene rings is 1. The number of hydrogen-bond donors (Lipinski definition) is 0. The van der Waals surface area contributed by atoms with E-state index in [-0.39, 0.29) is 18.4 Å². The fourth-order valence-electron chi connectivity index (χ4n) is 4.21. The van der Waals surface area contributed by atoms with Crippen LogP contribution in [0.15, 0.2) is 12.1 Å². The van der Waals surface area contributed by atoms with Crippen molar-refractivity contribution in [2.45, 2.75) is 70.2 Å². The molecule has 33 heavy (non-hydrogen) atoms. The van der Waals surface area contributed by atoms with Crippen LogP contribution in [0.1, 0.15) is 44.6 Å². The summed E-state index contributed by atoms with van der Waals surface area (Å²) >= 11 is 0. The largest absolute Gasteiger partial charge is 0.460 e. The summed E-state index contributed by atoms with van der Waals surface area (Å²) in [7, 11) is 0. The fourth-order valence-corrected chi connectivity index (χ4v) is 4.21. The summed E-state index contributed by atoms with van der Waals surface area (Å²) in [6, 6.07) is 1.37. The quantitative estimate of drug-likeness (QED) is 0.404. The van der Waals surface area contributed by atoms with Crippen molar-refractivity contribution in [3.05, 3.63) is 29.3 Å². The molecule has 2 aliphatic rings. The topological polar surface area (TPSA) is 27.7 Å². The van der Waals surface area contributed by atoms with Gasteiger partial charge in [-0.2, -0.15) is 26.3 Å². The molecule has 1 aromatic carbocycles. The van der Waals surface area contributed by atoms with Crippen molar-refractivity contribution in [3.63, 3.8) is 0 Å². The molecule has 0 radical (unpaired) electrons. The first kappa shape index (κ1) is 26.0. The van der Waals surface area contributed by atoms with Crippen molar-refractivity contribution in [1.82, 2.24) is 0 Å². The van der Waals surface area contributed by atoms with Crippen molar-refractivity contribution in [2.24, 2.45) is 17.8 Å². The van der Waals surface area contributed by atoms with Gasteiger partial charge < -0.3 is 14.2 Å². The molecule has 1 saturated heterocycles. The highest BCUT2D eigenvalue weighted by molar-refractivity contribution is 5.31. The highest BCUT2D eigenvalue weighted by Crippen LogP contribution is 2.41. The summed E-state index contributed by atoms with van der Waals surface area (Å²) in [5.41, 5.74) is 0.0610. The van der Waals surface area contributed by atoms with E-state index >= 15 is 0 Å². The summed E-state index contributed by atoms with van der Waals surface area (Å²) in [6.07, 6.45) is -6.25. The Bertz CT molecular complexity index is 761. The van der Waals surface area contributed by atoms with E-state index in [2.05, 4.69) is 11.7 Å². The Kier molecular flexibility index (Phi) is 8.14. The van der Waals surface area contributed by atoms with Crippen LogP contribution in [0.3, 0.4) is 0 Å². The lowest BCUT2D eigenvalue weighted by molar-refractivity contribution is -0.328. The molecule has 0 bridgehead atoms. The van der Waals surface area contributed by atoms with Gasteiger partial charge in [-0.15, -0.1) is 0 Å². The first-order chi connectivity index (χ1) is 15.4. The first-order valence-electron chi connectivity index (χ1n) is 10.8. The van der Waals surface area contributed by atoms with E-state index in [0.29, 0.717) is 37.2 Å².